The van der Waals surface area contributed by atoms with Crippen LogP contribution < -0.4 is 38.5 Å². The number of imidazole rings is 1. The highest BCUT2D eigenvalue weighted by molar-refractivity contribution is 7.99. The third-order valence-electron chi connectivity index (χ3n) is 6.87. The van der Waals surface area contributed by atoms with E-state index in [0.29, 0.717) is 45.7 Å². The summed E-state index contributed by atoms with van der Waals surface area (Å²) < 4.78 is 60.8. The van der Waals surface area contributed by atoms with Crippen molar-refractivity contribution in [3.63, 3.8) is 0 Å². The average molecular weight is 666 g/mol. The Hall–Kier alpha value is -4.85. The smallest absolute Gasteiger partial charge is 0.456 e. The summed E-state index contributed by atoms with van der Waals surface area (Å²) in [6.45, 7) is 2.32. The van der Waals surface area contributed by atoms with Crippen molar-refractivity contribution in [2.45, 2.75) is 29.5 Å². The summed E-state index contributed by atoms with van der Waals surface area (Å²) in [5, 5.41) is 0.610. The van der Waals surface area contributed by atoms with E-state index >= 15 is 0 Å². The zero-order valence-electron chi connectivity index (χ0n) is 24.7. The summed E-state index contributed by atoms with van der Waals surface area (Å²) in [5.74, 6) is 3.45. The maximum absolute atomic E-state index is 14.2. The molecule has 2 aliphatic heterocycles. The number of nitrogens with zero attached hydrogens (tertiary/aromatic N) is 4. The van der Waals surface area contributed by atoms with E-state index in [-0.39, 0.29) is 37.4 Å². The summed E-state index contributed by atoms with van der Waals surface area (Å²) in [7, 11) is -2.35. The number of rotatable bonds is 12. The Balaban J connectivity index is 1.08. The highest BCUT2D eigenvalue weighted by atomic mass is 32.2. The van der Waals surface area contributed by atoms with E-state index in [4.69, 9.17) is 43.2 Å². The van der Waals surface area contributed by atoms with Gasteiger partial charge in [0.25, 0.3) is 0 Å². The van der Waals surface area contributed by atoms with Crippen LogP contribution in [0.2, 0.25) is 0 Å². The van der Waals surface area contributed by atoms with Crippen molar-refractivity contribution >= 4 is 36.5 Å². The highest BCUT2D eigenvalue weighted by Crippen LogP contribution is 2.51. The second-order valence-corrected chi connectivity index (χ2v) is 13.1. The summed E-state index contributed by atoms with van der Waals surface area (Å²) in [4.78, 5) is 14.3. The second kappa shape index (κ2) is 12.5. The molecule has 16 heteroatoms. The van der Waals surface area contributed by atoms with Crippen LogP contribution in [0.5, 0.6) is 40.2 Å². The van der Waals surface area contributed by atoms with Gasteiger partial charge in [0.2, 0.25) is 19.5 Å². The molecule has 0 amide bonds. The Morgan fingerprint density at radius 2 is 1.50 bits per heavy atom. The quantitative estimate of drug-likeness (QED) is 0.127. The lowest BCUT2D eigenvalue weighted by molar-refractivity contribution is 0.0780. The van der Waals surface area contributed by atoms with Gasteiger partial charge in [0, 0.05) is 17.0 Å². The Bertz CT molecular complexity index is 1880. The highest BCUT2D eigenvalue weighted by Gasteiger charge is 2.32. The fraction of sp³-hybridized carbons (Fsp3) is 0.233. The van der Waals surface area contributed by atoms with E-state index in [9.17, 15) is 4.57 Å². The van der Waals surface area contributed by atoms with Crippen LogP contribution in [-0.4, -0.2) is 52.7 Å². The van der Waals surface area contributed by atoms with E-state index in [1.54, 1.807) is 54.4 Å². The molecular weight excluding hydrogens is 637 g/mol. The van der Waals surface area contributed by atoms with Gasteiger partial charge in [0.15, 0.2) is 35.0 Å². The molecule has 0 saturated carbocycles. The molecule has 0 aliphatic carbocycles. The van der Waals surface area contributed by atoms with E-state index < -0.39 is 13.7 Å². The summed E-state index contributed by atoms with van der Waals surface area (Å²) in [5.41, 5.74) is 7.21. The minimum absolute atomic E-state index is 0.0892. The third-order valence-corrected chi connectivity index (χ3v) is 9.30. The van der Waals surface area contributed by atoms with Gasteiger partial charge in [-0.1, -0.05) is 11.8 Å². The molecule has 2 aromatic heterocycles. The van der Waals surface area contributed by atoms with Gasteiger partial charge in [-0.15, -0.1) is 0 Å². The molecule has 1 atom stereocenters. The van der Waals surface area contributed by atoms with Crippen LogP contribution in [0.4, 0.5) is 5.95 Å². The van der Waals surface area contributed by atoms with Crippen LogP contribution >= 0.6 is 19.4 Å². The molecule has 0 bridgehead atoms. The van der Waals surface area contributed by atoms with E-state index in [1.165, 1.54) is 11.8 Å². The second-order valence-electron chi connectivity index (χ2n) is 10.2. The van der Waals surface area contributed by atoms with Crippen LogP contribution in [0.1, 0.15) is 6.92 Å². The van der Waals surface area contributed by atoms with Crippen LogP contribution in [0.3, 0.4) is 0 Å². The van der Waals surface area contributed by atoms with Crippen LogP contribution in [-0.2, 0) is 15.8 Å². The largest absolute Gasteiger partial charge is 0.497 e. The zero-order chi connectivity index (χ0) is 31.7. The molecule has 14 nitrogen and oxygen atoms in total. The predicted octanol–water partition coefficient (Wildman–Crippen LogP) is 5.74. The number of benzene rings is 3. The number of hydrogen-bond donors (Lipinski definition) is 1. The molecule has 3 aromatic carbocycles. The van der Waals surface area contributed by atoms with Crippen LogP contribution in [0, 0.1) is 0 Å². The maximum Gasteiger partial charge on any atom is 0.456 e. The van der Waals surface area contributed by atoms with E-state index in [1.807, 2.05) is 31.2 Å². The van der Waals surface area contributed by atoms with E-state index in [2.05, 4.69) is 15.0 Å². The van der Waals surface area contributed by atoms with Gasteiger partial charge in [0.05, 0.1) is 26.1 Å². The predicted molar refractivity (Wildman–Crippen MR) is 166 cm³/mol. The first-order valence-electron chi connectivity index (χ1n) is 14.0. The average Bonchev–Trinajstić information content (AvgIpc) is 3.80. The van der Waals surface area contributed by atoms with Gasteiger partial charge in [-0.25, -0.2) is 14.5 Å². The van der Waals surface area contributed by atoms with Crippen molar-refractivity contribution in [1.82, 2.24) is 19.5 Å². The monoisotopic (exact) mass is 665 g/mol. The summed E-state index contributed by atoms with van der Waals surface area (Å²) >= 11 is 1.42. The Morgan fingerprint density at radius 1 is 0.891 bits per heavy atom. The third kappa shape index (κ3) is 6.43. The molecule has 238 valence electrons. The fourth-order valence-corrected chi connectivity index (χ4v) is 7.03. The van der Waals surface area contributed by atoms with Crippen molar-refractivity contribution < 1.29 is 42.0 Å². The maximum atomic E-state index is 14.2. The molecule has 0 unspecified atom stereocenters. The first-order valence-corrected chi connectivity index (χ1v) is 16.6. The minimum atomic E-state index is -3.96. The lowest BCUT2D eigenvalue weighted by Gasteiger charge is -2.22. The Morgan fingerprint density at radius 3 is 2.13 bits per heavy atom. The molecule has 0 spiro atoms. The number of nitrogens with two attached hydrogens (primary N) is 1. The Labute approximate surface area is 267 Å². The van der Waals surface area contributed by atoms with Crippen LogP contribution in [0.25, 0.3) is 11.2 Å². The summed E-state index contributed by atoms with van der Waals surface area (Å²) in [6.07, 6.45) is 0.794. The molecule has 0 radical (unpaired) electrons. The van der Waals surface area contributed by atoms with Gasteiger partial charge in [0.1, 0.15) is 27.8 Å². The Kier molecular flexibility index (Phi) is 8.11. The van der Waals surface area contributed by atoms with Gasteiger partial charge in [-0.3, -0.25) is 0 Å². The summed E-state index contributed by atoms with van der Waals surface area (Å²) in [6, 6.07) is 17.4. The fourth-order valence-electron chi connectivity index (χ4n) is 4.70. The number of nitrogen functional groups attached to an aromatic ring is 1. The van der Waals surface area contributed by atoms with Gasteiger partial charge in [-0.2, -0.15) is 4.98 Å². The van der Waals surface area contributed by atoms with Gasteiger partial charge in [-0.05, 0) is 55.5 Å². The molecular formula is C30H28N5O9PS. The number of anilines is 1. The number of ether oxygens (including phenoxy) is 6. The molecule has 46 heavy (non-hydrogen) atoms. The van der Waals surface area contributed by atoms with Crippen LogP contribution in [0.15, 0.2) is 76.9 Å². The van der Waals surface area contributed by atoms with Gasteiger partial charge < -0.3 is 47.8 Å². The number of fused-ring (bicyclic) bond motifs is 3. The van der Waals surface area contributed by atoms with Crippen molar-refractivity contribution in [3.05, 3.63) is 67.0 Å². The normalized spacial score (nSPS) is 14.0. The molecule has 7 rings (SSSR count). The number of aromatic nitrogens is 4. The molecule has 2 aliphatic rings. The lowest BCUT2D eigenvalue weighted by Crippen LogP contribution is -2.19. The van der Waals surface area contributed by atoms with Crippen molar-refractivity contribution in [2.75, 3.05) is 32.8 Å². The standard InChI is InChI=1S/C30H28N5O9PS/c1-18(13-35-14-32-27-28(35)33-30(31)34-29(27)46-22-7-3-19(37-2)4-8-22)42-17-45(36,43-20-5-9-23-25(11-20)40-15-38-23)44-21-6-10-24-26(12-21)41-16-39-24/h3-12,14,18H,13,15-17H2,1-2H3,(H2,31,33,34)/t18-/m1/s1. The topological polar surface area (TPSA) is 161 Å². The minimum Gasteiger partial charge on any atom is -0.497 e. The lowest BCUT2D eigenvalue weighted by atomic mass is 10.3. The number of methoxy groups -OCH3 is 1. The van der Waals surface area contributed by atoms with Crippen molar-refractivity contribution in [2.24, 2.45) is 0 Å². The molecule has 0 saturated heterocycles. The number of hydrogen-bond acceptors (Lipinski definition) is 14. The first kappa shape index (κ1) is 29.8. The molecule has 0 fully saturated rings. The first-order chi connectivity index (χ1) is 22.3. The van der Waals surface area contributed by atoms with E-state index in [0.717, 1.165) is 10.6 Å². The zero-order valence-corrected chi connectivity index (χ0v) is 26.4. The van der Waals surface area contributed by atoms with Crippen molar-refractivity contribution in [3.8, 4) is 40.2 Å². The SMILES string of the molecule is COc1ccc(Sc2nc(N)nc3c2ncn3C[C@@H](C)OCP(=O)(Oc2ccc3c(c2)OCO3)Oc2ccc3c(c2)OCO3)cc1. The molecule has 5 aromatic rings. The van der Waals surface area contributed by atoms with Gasteiger partial charge >= 0.3 is 7.60 Å². The van der Waals surface area contributed by atoms with Crippen molar-refractivity contribution in [1.29, 1.82) is 0 Å². The molecule has 4 heterocycles. The molecule has 2 N–H and O–H groups in total.